The number of halogens is 1. The Bertz CT molecular complexity index is 2210. The lowest BCUT2D eigenvalue weighted by Gasteiger charge is -2.18. The molecule has 4 N–H and O–H groups in total. The lowest BCUT2D eigenvalue weighted by Crippen LogP contribution is -2.31. The van der Waals surface area contributed by atoms with Gasteiger partial charge in [-0.25, -0.2) is 28.4 Å². The fourth-order valence-electron chi connectivity index (χ4n) is 4.91. The molecule has 17 heteroatoms. The summed E-state index contributed by atoms with van der Waals surface area (Å²) in [6, 6.07) is 23.5. The molecule has 0 aromatic heterocycles. The van der Waals surface area contributed by atoms with Gasteiger partial charge in [-0.1, -0.05) is 88.4 Å². The molecule has 0 saturated heterocycles. The van der Waals surface area contributed by atoms with E-state index in [4.69, 9.17) is 23.8 Å². The molecule has 0 radical (unpaired) electrons. The maximum Gasteiger partial charge on any atom is 0.414 e. The second-order valence-electron chi connectivity index (χ2n) is 14.1. The Morgan fingerprint density at radius 1 is 0.657 bits per heavy atom. The number of nitrogens with one attached hydrogen (secondary N) is 2. The second kappa shape index (κ2) is 33.8. The number of aldehydes is 1. The van der Waals surface area contributed by atoms with E-state index in [9.17, 15) is 38.0 Å². The van der Waals surface area contributed by atoms with Crippen molar-refractivity contribution in [2.24, 2.45) is 5.73 Å². The molecule has 0 bridgehead atoms. The number of hydrogen-bond donors (Lipinski definition) is 3. The highest BCUT2D eigenvalue weighted by Crippen LogP contribution is 2.30. The number of ether oxygens (including phenoxy) is 4. The normalized spacial score (nSPS) is 10.5. The van der Waals surface area contributed by atoms with Crippen LogP contribution in [0.5, 0.6) is 0 Å². The van der Waals surface area contributed by atoms with Gasteiger partial charge in [0, 0.05) is 18.2 Å². The summed E-state index contributed by atoms with van der Waals surface area (Å²) < 4.78 is 33.8. The molecule has 0 atom stereocenters. The van der Waals surface area contributed by atoms with Gasteiger partial charge in [0.25, 0.3) is 0 Å². The number of methoxy groups -OCH3 is 1. The number of fused-ring (bicyclic) bond motifs is 1. The van der Waals surface area contributed by atoms with E-state index in [0.717, 1.165) is 16.7 Å². The maximum atomic E-state index is 15.0. The average molecular weight is 934 g/mol. The molecule has 364 valence electrons. The number of carbonyl (C=O) groups excluding carboxylic acids is 9. The van der Waals surface area contributed by atoms with Crippen LogP contribution < -0.4 is 16.4 Å². The summed E-state index contributed by atoms with van der Waals surface area (Å²) in [4.78, 5) is 93.4. The highest BCUT2D eigenvalue weighted by molar-refractivity contribution is 6.15. The number of benzene rings is 4. The predicted octanol–water partition coefficient (Wildman–Crippen LogP) is 9.46. The molecule has 4 aromatic carbocycles. The molecule has 0 unspecified atom stereocenters. The van der Waals surface area contributed by atoms with Crippen LogP contribution in [-0.4, -0.2) is 88.8 Å². The van der Waals surface area contributed by atoms with E-state index in [-0.39, 0.29) is 40.4 Å². The topological polar surface area (TPSA) is 241 Å². The number of alkyl carbamates (subject to hydrolysis) is 2. The molecule has 1 aliphatic rings. The lowest BCUT2D eigenvalue weighted by molar-refractivity contribution is -0.109. The third-order valence-electron chi connectivity index (χ3n) is 7.44. The largest absolute Gasteiger partial charge is 0.465 e. The molecular weight excluding hydrogens is 870 g/mol. The maximum absolute atomic E-state index is 15.0. The first-order chi connectivity index (χ1) is 31.8. The minimum absolute atomic E-state index is 0.188. The van der Waals surface area contributed by atoms with Gasteiger partial charge in [0.15, 0.2) is 6.29 Å². The molecule has 3 amide bonds. The Balaban J connectivity index is -0.00000117. The van der Waals surface area contributed by atoms with Gasteiger partial charge < -0.3 is 39.6 Å². The molecule has 5 rings (SSSR count). The van der Waals surface area contributed by atoms with Gasteiger partial charge in [-0.05, 0) is 107 Å². The van der Waals surface area contributed by atoms with E-state index in [2.05, 4.69) is 15.8 Å². The van der Waals surface area contributed by atoms with Crippen LogP contribution in [0.25, 0.3) is 34.2 Å². The van der Waals surface area contributed by atoms with Gasteiger partial charge in [-0.15, -0.1) is 0 Å². The Labute approximate surface area is 392 Å². The van der Waals surface area contributed by atoms with Gasteiger partial charge in [0.2, 0.25) is 6.41 Å². The number of amides is 3. The van der Waals surface area contributed by atoms with E-state index >= 15 is 0 Å². The Hall–Kier alpha value is -7.66. The first-order valence-corrected chi connectivity index (χ1v) is 20.4. The van der Waals surface area contributed by atoms with Gasteiger partial charge in [0.1, 0.15) is 30.6 Å². The molecule has 1 heterocycles. The highest BCUT2D eigenvalue weighted by Gasteiger charge is 2.29. The van der Waals surface area contributed by atoms with Crippen LogP contribution in [0.4, 0.5) is 14.0 Å². The number of carbonyl (C=O) groups is 9. The van der Waals surface area contributed by atoms with Crippen LogP contribution in [0.2, 0.25) is 0 Å². The molecule has 0 saturated carbocycles. The van der Waals surface area contributed by atoms with Crippen molar-refractivity contribution in [1.29, 1.82) is 0 Å². The van der Waals surface area contributed by atoms with E-state index < -0.39 is 35.4 Å². The number of rotatable bonds is 7. The Morgan fingerprint density at radius 2 is 1.09 bits per heavy atom. The molecule has 67 heavy (non-hydrogen) atoms. The average Bonchev–Trinajstić information content (AvgIpc) is 3.62. The molecular formula is C50H64FN3O13. The van der Waals surface area contributed by atoms with Crippen molar-refractivity contribution in [1.82, 2.24) is 10.6 Å². The van der Waals surface area contributed by atoms with Crippen molar-refractivity contribution in [3.05, 3.63) is 118 Å². The zero-order valence-corrected chi connectivity index (χ0v) is 40.5. The highest BCUT2D eigenvalue weighted by atomic mass is 19.1. The van der Waals surface area contributed by atoms with Crippen molar-refractivity contribution >= 4 is 68.3 Å². The minimum Gasteiger partial charge on any atom is -0.465 e. The van der Waals surface area contributed by atoms with Crippen LogP contribution in [0, 0.1) is 0 Å². The summed E-state index contributed by atoms with van der Waals surface area (Å²) in [6.07, 6.45) is 1.19. The number of imide groups is 1. The SMILES string of the molecule is C=O.C=O.CC.CC.CC(C)(C)OC(=O)NC=O.CN.CNC(=O)OC(C)(C)C.COC(=O)c1ccc(-c2ccc(/C=C(\F)c3ccc(-c4ccc5c(c4)C(=O)OC5=O)cc3)cc2)cc1C=O. The van der Waals surface area contributed by atoms with Crippen molar-refractivity contribution in [2.75, 3.05) is 21.2 Å². The zero-order chi connectivity index (χ0) is 52.5. The summed E-state index contributed by atoms with van der Waals surface area (Å²) >= 11 is 0. The van der Waals surface area contributed by atoms with Crippen LogP contribution in [0.15, 0.2) is 84.9 Å². The summed E-state index contributed by atoms with van der Waals surface area (Å²) in [6.45, 7) is 22.6. The molecule has 1 aliphatic heterocycles. The number of esters is 3. The Kier molecular flexibility index (Phi) is 32.1. The van der Waals surface area contributed by atoms with Crippen LogP contribution in [-0.2, 0) is 33.3 Å². The number of cyclic esters (lactones) is 2. The standard InChI is InChI=1S/C31H19FO6.C6H11NO3.C6H13NO2.2C2H6.CH5N.2CH2O/c1-37-29(34)25-12-10-22(15-24(25)17-33)19-4-2-18(3-5-19)14-28(32)21-8-6-20(7-9-21)23-11-13-26-27(16-23)31(36)38-30(26)35;1-6(2,3)10-5(9)7-4-8;1-6(2,3)9-5(8)7-4;5*1-2/h2-17H,1H3;4H,1-3H3,(H,7,8,9);1-4H3,(H,7,8);2*1-2H3;2H2,1H3;2*1H2/b28-14-;;;;;;;. The van der Waals surface area contributed by atoms with Crippen LogP contribution in [0.3, 0.4) is 0 Å². The monoisotopic (exact) mass is 933 g/mol. The number of nitrogens with two attached hydrogens (primary N) is 1. The first-order valence-electron chi connectivity index (χ1n) is 20.4. The van der Waals surface area contributed by atoms with E-state index in [1.54, 1.807) is 99.6 Å². The summed E-state index contributed by atoms with van der Waals surface area (Å²) in [5.74, 6) is -2.35. The van der Waals surface area contributed by atoms with Gasteiger partial charge in [0.05, 0.1) is 23.8 Å². The van der Waals surface area contributed by atoms with E-state index in [1.165, 1.54) is 33.3 Å². The van der Waals surface area contributed by atoms with E-state index in [0.29, 0.717) is 23.0 Å². The van der Waals surface area contributed by atoms with Gasteiger partial charge in [-0.3, -0.25) is 14.9 Å². The summed E-state index contributed by atoms with van der Waals surface area (Å²) in [7, 11) is 4.29. The Morgan fingerprint density at radius 3 is 1.52 bits per heavy atom. The smallest absolute Gasteiger partial charge is 0.414 e. The third kappa shape index (κ3) is 23.2. The van der Waals surface area contributed by atoms with Crippen molar-refractivity contribution in [2.45, 2.75) is 80.4 Å². The number of hydrogen-bond acceptors (Lipinski definition) is 14. The van der Waals surface area contributed by atoms with Gasteiger partial charge in [-0.2, -0.15) is 0 Å². The quantitative estimate of drug-likeness (QED) is 0.0514. The summed E-state index contributed by atoms with van der Waals surface area (Å²) in [5.41, 5.74) is 8.43. The zero-order valence-electron chi connectivity index (χ0n) is 40.5. The van der Waals surface area contributed by atoms with E-state index in [1.807, 2.05) is 67.4 Å². The van der Waals surface area contributed by atoms with Crippen LogP contribution in [0.1, 0.15) is 122 Å². The lowest BCUT2D eigenvalue weighted by atomic mass is 9.98. The first kappa shape index (κ1) is 63.6. The minimum atomic E-state index is -0.720. The van der Waals surface area contributed by atoms with Crippen LogP contribution >= 0.6 is 0 Å². The van der Waals surface area contributed by atoms with Crippen molar-refractivity contribution in [3.63, 3.8) is 0 Å². The fraction of sp³-hybridized carbons (Fsp3) is 0.300. The molecule has 0 spiro atoms. The fourth-order valence-corrected chi connectivity index (χ4v) is 4.91. The van der Waals surface area contributed by atoms with Crippen molar-refractivity contribution < 1.29 is 66.5 Å². The molecule has 16 nitrogen and oxygen atoms in total. The summed E-state index contributed by atoms with van der Waals surface area (Å²) in [5, 5.41) is 4.22. The molecule has 0 fully saturated rings. The second-order valence-corrected chi connectivity index (χ2v) is 14.1. The van der Waals surface area contributed by atoms with Gasteiger partial charge >= 0.3 is 30.1 Å². The third-order valence-corrected chi connectivity index (χ3v) is 7.44. The molecule has 4 aromatic rings. The molecule has 0 aliphatic carbocycles. The predicted molar refractivity (Wildman–Crippen MR) is 257 cm³/mol. The van der Waals surface area contributed by atoms with Crippen molar-refractivity contribution in [3.8, 4) is 22.3 Å².